The summed E-state index contributed by atoms with van der Waals surface area (Å²) in [6, 6.07) is 5.44. The Hall–Kier alpha value is -1.91. The molecule has 0 saturated heterocycles. The van der Waals surface area contributed by atoms with E-state index in [1.165, 1.54) is 38.5 Å². The van der Waals surface area contributed by atoms with Crippen molar-refractivity contribution >= 4 is 23.5 Å². The van der Waals surface area contributed by atoms with Crippen molar-refractivity contribution in [3.05, 3.63) is 18.2 Å². The zero-order valence-electron chi connectivity index (χ0n) is 17.0. The van der Waals surface area contributed by atoms with Crippen LogP contribution in [0.2, 0.25) is 0 Å². The van der Waals surface area contributed by atoms with E-state index in [4.69, 9.17) is 0 Å². The van der Waals surface area contributed by atoms with Crippen LogP contribution in [0.3, 0.4) is 0 Å². The van der Waals surface area contributed by atoms with Crippen LogP contribution in [0.1, 0.15) is 89.9 Å². The zero-order chi connectivity index (χ0) is 19.6. The molecule has 0 unspecified atom stereocenters. The molecule has 5 heteroatoms. The van der Waals surface area contributed by atoms with Gasteiger partial charge in [-0.3, -0.25) is 9.59 Å². The molecule has 2 saturated carbocycles. The molecule has 2 amide bonds. The molecule has 0 aromatic carbocycles. The third-order valence-corrected chi connectivity index (χ3v) is 6.20. The Morgan fingerprint density at radius 3 is 1.39 bits per heavy atom. The van der Waals surface area contributed by atoms with Gasteiger partial charge in [-0.2, -0.15) is 0 Å². The minimum atomic E-state index is 0.0675. The molecule has 3 rings (SSSR count). The van der Waals surface area contributed by atoms with E-state index in [1.807, 2.05) is 6.07 Å². The van der Waals surface area contributed by atoms with Crippen molar-refractivity contribution < 1.29 is 9.59 Å². The number of hydrogen-bond donors (Lipinski definition) is 2. The monoisotopic (exact) mass is 385 g/mol. The third kappa shape index (κ3) is 6.61. The summed E-state index contributed by atoms with van der Waals surface area (Å²) in [6.45, 7) is 0. The Balaban J connectivity index is 1.55. The maximum absolute atomic E-state index is 12.6. The minimum absolute atomic E-state index is 0.0675. The van der Waals surface area contributed by atoms with E-state index in [2.05, 4.69) is 15.6 Å². The average Bonchev–Trinajstić information content (AvgIpc) is 2.61. The van der Waals surface area contributed by atoms with E-state index in [0.717, 1.165) is 51.4 Å². The summed E-state index contributed by atoms with van der Waals surface area (Å²) in [5.74, 6) is 1.35. The summed E-state index contributed by atoms with van der Waals surface area (Å²) in [5, 5.41) is 5.94. The molecular weight excluding hydrogens is 350 g/mol. The van der Waals surface area contributed by atoms with Crippen LogP contribution in [-0.4, -0.2) is 16.8 Å². The molecule has 2 aliphatic carbocycles. The minimum Gasteiger partial charge on any atom is -0.310 e. The molecule has 2 fully saturated rings. The second-order valence-corrected chi connectivity index (χ2v) is 8.47. The fourth-order valence-electron chi connectivity index (χ4n) is 4.47. The third-order valence-electron chi connectivity index (χ3n) is 6.20. The van der Waals surface area contributed by atoms with Crippen molar-refractivity contribution in [2.75, 3.05) is 10.6 Å². The van der Waals surface area contributed by atoms with Gasteiger partial charge in [0.2, 0.25) is 11.8 Å². The average molecular weight is 386 g/mol. The largest absolute Gasteiger partial charge is 0.310 e. The van der Waals surface area contributed by atoms with Gasteiger partial charge in [-0.25, -0.2) is 4.98 Å². The molecule has 2 aliphatic rings. The lowest BCUT2D eigenvalue weighted by molar-refractivity contribution is -0.121. The molecule has 0 aliphatic heterocycles. The molecule has 5 nitrogen and oxygen atoms in total. The van der Waals surface area contributed by atoms with Gasteiger partial charge in [0.15, 0.2) is 0 Å². The van der Waals surface area contributed by atoms with Gasteiger partial charge in [0.05, 0.1) is 0 Å². The Labute approximate surface area is 169 Å². The lowest BCUT2D eigenvalue weighted by Crippen LogP contribution is -2.25. The number of nitrogens with zero attached hydrogens (tertiary/aromatic N) is 1. The molecule has 2 N–H and O–H groups in total. The summed E-state index contributed by atoms with van der Waals surface area (Å²) in [5.41, 5.74) is 0. The van der Waals surface area contributed by atoms with Crippen LogP contribution >= 0.6 is 0 Å². The van der Waals surface area contributed by atoms with Crippen molar-refractivity contribution in [1.82, 2.24) is 4.98 Å². The first kappa shape index (κ1) is 20.8. The number of carbonyl (C=O) groups is 2. The molecule has 0 atom stereocenters. The smallest absolute Gasteiger partial charge is 0.228 e. The molecule has 1 aromatic rings. The molecule has 28 heavy (non-hydrogen) atoms. The summed E-state index contributed by atoms with van der Waals surface area (Å²) in [6.07, 6.45) is 15.8. The number of hydrogen-bond acceptors (Lipinski definition) is 3. The summed E-state index contributed by atoms with van der Waals surface area (Å²) in [7, 11) is 0. The Kier molecular flexibility index (Phi) is 8.31. The van der Waals surface area contributed by atoms with Crippen molar-refractivity contribution in [3.8, 4) is 0 Å². The maximum Gasteiger partial charge on any atom is 0.228 e. The van der Waals surface area contributed by atoms with E-state index < -0.39 is 0 Å². The Morgan fingerprint density at radius 2 is 1.00 bits per heavy atom. The predicted octanol–water partition coefficient (Wildman–Crippen LogP) is 5.68. The fourth-order valence-corrected chi connectivity index (χ4v) is 4.47. The number of aromatic nitrogens is 1. The van der Waals surface area contributed by atoms with Crippen LogP contribution in [0.15, 0.2) is 18.2 Å². The highest BCUT2D eigenvalue weighted by molar-refractivity contribution is 5.93. The lowest BCUT2D eigenvalue weighted by Gasteiger charge is -2.20. The number of rotatable bonds is 4. The van der Waals surface area contributed by atoms with Gasteiger partial charge >= 0.3 is 0 Å². The number of pyridine rings is 1. The molecular formula is C23H35N3O2. The highest BCUT2D eigenvalue weighted by Crippen LogP contribution is 2.25. The molecule has 1 heterocycles. The van der Waals surface area contributed by atoms with Crippen molar-refractivity contribution in [3.63, 3.8) is 0 Å². The lowest BCUT2D eigenvalue weighted by atomic mass is 9.90. The number of amides is 2. The van der Waals surface area contributed by atoms with Gasteiger partial charge in [0.25, 0.3) is 0 Å². The summed E-state index contributed by atoms with van der Waals surface area (Å²) >= 11 is 0. The van der Waals surface area contributed by atoms with Crippen molar-refractivity contribution in [1.29, 1.82) is 0 Å². The zero-order valence-corrected chi connectivity index (χ0v) is 17.0. The second-order valence-electron chi connectivity index (χ2n) is 8.47. The first-order valence-corrected chi connectivity index (χ1v) is 11.3. The highest BCUT2D eigenvalue weighted by Gasteiger charge is 2.21. The molecule has 154 valence electrons. The first-order chi connectivity index (χ1) is 13.7. The molecule has 0 radical (unpaired) electrons. The topological polar surface area (TPSA) is 71.1 Å². The number of carbonyl (C=O) groups excluding carboxylic acids is 2. The van der Waals surface area contributed by atoms with Crippen LogP contribution < -0.4 is 10.6 Å². The van der Waals surface area contributed by atoms with Gasteiger partial charge in [-0.05, 0) is 37.8 Å². The van der Waals surface area contributed by atoms with Crippen molar-refractivity contribution in [2.24, 2.45) is 11.8 Å². The fraction of sp³-hybridized carbons (Fsp3) is 0.696. The van der Waals surface area contributed by atoms with E-state index >= 15 is 0 Å². The summed E-state index contributed by atoms with van der Waals surface area (Å²) < 4.78 is 0. The Morgan fingerprint density at radius 1 is 0.643 bits per heavy atom. The second kappa shape index (κ2) is 11.2. The van der Waals surface area contributed by atoms with Crippen LogP contribution in [0.5, 0.6) is 0 Å². The van der Waals surface area contributed by atoms with Gasteiger partial charge in [-0.15, -0.1) is 0 Å². The van der Waals surface area contributed by atoms with E-state index in [-0.39, 0.29) is 23.7 Å². The summed E-state index contributed by atoms with van der Waals surface area (Å²) in [4.78, 5) is 29.8. The normalized spacial score (nSPS) is 20.3. The number of anilines is 2. The van der Waals surface area contributed by atoms with E-state index in [1.54, 1.807) is 12.1 Å². The number of nitrogens with one attached hydrogen (secondary N) is 2. The van der Waals surface area contributed by atoms with Crippen LogP contribution in [0.25, 0.3) is 0 Å². The van der Waals surface area contributed by atoms with Crippen LogP contribution in [0.4, 0.5) is 11.6 Å². The maximum atomic E-state index is 12.6. The van der Waals surface area contributed by atoms with E-state index in [9.17, 15) is 9.59 Å². The van der Waals surface area contributed by atoms with Crippen LogP contribution in [-0.2, 0) is 9.59 Å². The van der Waals surface area contributed by atoms with E-state index in [0.29, 0.717) is 11.6 Å². The van der Waals surface area contributed by atoms with Gasteiger partial charge < -0.3 is 10.6 Å². The van der Waals surface area contributed by atoms with Gasteiger partial charge in [0, 0.05) is 11.8 Å². The van der Waals surface area contributed by atoms with Crippen LogP contribution in [0, 0.1) is 11.8 Å². The highest BCUT2D eigenvalue weighted by atomic mass is 16.2. The molecule has 1 aromatic heterocycles. The predicted molar refractivity (Wildman–Crippen MR) is 113 cm³/mol. The first-order valence-electron chi connectivity index (χ1n) is 11.3. The molecule has 0 bridgehead atoms. The van der Waals surface area contributed by atoms with Crippen molar-refractivity contribution in [2.45, 2.75) is 89.9 Å². The SMILES string of the molecule is O=C(Nc1cccc(NC(=O)C2CCCCCCC2)n1)C1CCCCCCC1. The quantitative estimate of drug-likeness (QED) is 0.700. The standard InChI is InChI=1S/C23H35N3O2/c27-22(18-12-7-3-1-4-8-13-18)25-20-16-11-17-21(24-20)26-23(28)19-14-9-5-2-6-10-15-19/h11,16-19H,1-10,12-15H2,(H2,24,25,26,27,28). The van der Waals surface area contributed by atoms with Gasteiger partial charge in [-0.1, -0.05) is 70.3 Å². The molecule has 0 spiro atoms. The Bertz CT molecular complexity index is 579. The van der Waals surface area contributed by atoms with Gasteiger partial charge in [0.1, 0.15) is 11.6 Å².